The Kier molecular flexibility index (Phi) is 7.18. The summed E-state index contributed by atoms with van der Waals surface area (Å²) >= 11 is 1.29. The number of imide groups is 1. The number of thioether (sulfide) groups is 1. The molecule has 2 aromatic rings. The molecule has 162 valence electrons. The molecule has 1 aromatic heterocycles. The van der Waals surface area contributed by atoms with Gasteiger partial charge in [-0.25, -0.2) is 4.79 Å². The van der Waals surface area contributed by atoms with Crippen LogP contribution >= 0.6 is 11.8 Å². The van der Waals surface area contributed by atoms with Gasteiger partial charge in [0.15, 0.2) is 11.0 Å². The van der Waals surface area contributed by atoms with E-state index in [1.54, 1.807) is 6.92 Å². The van der Waals surface area contributed by atoms with Gasteiger partial charge in [0.25, 0.3) is 0 Å². The lowest BCUT2D eigenvalue weighted by atomic mass is 9.86. The highest BCUT2D eigenvalue weighted by atomic mass is 32.2. The van der Waals surface area contributed by atoms with E-state index >= 15 is 0 Å². The Bertz CT molecular complexity index is 881. The van der Waals surface area contributed by atoms with Crippen molar-refractivity contribution in [3.8, 4) is 11.4 Å². The fourth-order valence-electron chi connectivity index (χ4n) is 3.63. The molecule has 30 heavy (non-hydrogen) atoms. The number of carbonyl (C=O) groups is 2. The van der Waals surface area contributed by atoms with Crippen molar-refractivity contribution in [3.05, 3.63) is 29.8 Å². The van der Waals surface area contributed by atoms with Crippen molar-refractivity contribution in [2.24, 2.45) is 0 Å². The van der Waals surface area contributed by atoms with Gasteiger partial charge in [-0.3, -0.25) is 14.7 Å². The fourth-order valence-corrected chi connectivity index (χ4v) is 4.44. The van der Waals surface area contributed by atoms with Gasteiger partial charge >= 0.3 is 6.09 Å². The second kappa shape index (κ2) is 9.64. The minimum absolute atomic E-state index is 0.0760. The van der Waals surface area contributed by atoms with Gasteiger partial charge in [0.05, 0.1) is 12.4 Å². The van der Waals surface area contributed by atoms with Crippen LogP contribution in [0.25, 0.3) is 11.4 Å². The van der Waals surface area contributed by atoms with Gasteiger partial charge in [-0.05, 0) is 30.7 Å². The molecule has 1 aliphatic rings. The maximum Gasteiger partial charge on any atom is 0.413 e. The Balaban J connectivity index is 1.81. The zero-order chi connectivity index (χ0) is 21.7. The van der Waals surface area contributed by atoms with Crippen LogP contribution in [-0.4, -0.2) is 39.1 Å². The van der Waals surface area contributed by atoms with E-state index in [4.69, 9.17) is 4.74 Å². The van der Waals surface area contributed by atoms with Crippen molar-refractivity contribution >= 4 is 23.8 Å². The first-order chi connectivity index (χ1) is 14.3. The number of rotatable bonds is 6. The monoisotopic (exact) mass is 430 g/mol. The molecule has 0 atom stereocenters. The molecule has 1 aromatic carbocycles. The van der Waals surface area contributed by atoms with Gasteiger partial charge in [0, 0.05) is 11.6 Å². The van der Waals surface area contributed by atoms with Crippen molar-refractivity contribution in [3.63, 3.8) is 0 Å². The number of nitrogens with zero attached hydrogens (tertiary/aromatic N) is 3. The molecule has 0 bridgehead atoms. The van der Waals surface area contributed by atoms with Crippen LogP contribution in [0.2, 0.25) is 0 Å². The van der Waals surface area contributed by atoms with Crippen molar-refractivity contribution in [1.29, 1.82) is 0 Å². The van der Waals surface area contributed by atoms with Gasteiger partial charge in [-0.1, -0.05) is 69.6 Å². The van der Waals surface area contributed by atoms with Crippen LogP contribution < -0.4 is 5.32 Å². The van der Waals surface area contributed by atoms with E-state index < -0.39 is 12.0 Å². The first-order valence-corrected chi connectivity index (χ1v) is 11.4. The second-order valence-corrected chi connectivity index (χ2v) is 9.44. The molecule has 3 rings (SSSR count). The molecule has 1 N–H and O–H groups in total. The molecule has 1 saturated carbocycles. The number of nitrogens with one attached hydrogen (secondary N) is 1. The number of hydrogen-bond acceptors (Lipinski definition) is 6. The predicted molar refractivity (Wildman–Crippen MR) is 118 cm³/mol. The molecular formula is C22H30N4O3S. The first kappa shape index (κ1) is 22.3. The minimum Gasteiger partial charge on any atom is -0.450 e. The van der Waals surface area contributed by atoms with Crippen LogP contribution in [0.3, 0.4) is 0 Å². The van der Waals surface area contributed by atoms with Crippen LogP contribution in [0.15, 0.2) is 29.4 Å². The highest BCUT2D eigenvalue weighted by Crippen LogP contribution is 2.37. The predicted octanol–water partition coefficient (Wildman–Crippen LogP) is 4.72. The van der Waals surface area contributed by atoms with Crippen molar-refractivity contribution in [1.82, 2.24) is 20.1 Å². The van der Waals surface area contributed by atoms with Crippen molar-refractivity contribution in [2.45, 2.75) is 70.0 Å². The van der Waals surface area contributed by atoms with Crippen molar-refractivity contribution in [2.75, 3.05) is 12.4 Å². The third-order valence-electron chi connectivity index (χ3n) is 5.21. The zero-order valence-electron chi connectivity index (χ0n) is 18.1. The summed E-state index contributed by atoms with van der Waals surface area (Å²) in [6.45, 7) is 8.50. The molecule has 2 amide bonds. The Morgan fingerprint density at radius 2 is 1.83 bits per heavy atom. The number of carbonyl (C=O) groups excluding carboxylic acids is 2. The summed E-state index contributed by atoms with van der Waals surface area (Å²) in [7, 11) is 0. The molecule has 1 aliphatic carbocycles. The second-order valence-electron chi connectivity index (χ2n) is 8.50. The quantitative estimate of drug-likeness (QED) is 0.667. The summed E-state index contributed by atoms with van der Waals surface area (Å²) in [5, 5.41) is 11.8. The van der Waals surface area contributed by atoms with E-state index in [0.29, 0.717) is 11.2 Å². The minimum atomic E-state index is -0.722. The van der Waals surface area contributed by atoms with E-state index in [1.165, 1.54) is 30.2 Å². The molecule has 0 spiro atoms. The third kappa shape index (κ3) is 5.41. The molecule has 1 fully saturated rings. The van der Waals surface area contributed by atoms with Crippen LogP contribution in [0, 0.1) is 0 Å². The molecule has 7 nitrogen and oxygen atoms in total. The Morgan fingerprint density at radius 1 is 1.17 bits per heavy atom. The SMILES string of the molecule is CCOC(=O)NC(=O)CSc1nnc(-c2ccc(C(C)(C)C)cc2)n1C1CCCC1. The highest BCUT2D eigenvalue weighted by molar-refractivity contribution is 7.99. The average molecular weight is 431 g/mol. The maximum absolute atomic E-state index is 12.1. The molecular weight excluding hydrogens is 400 g/mol. The first-order valence-electron chi connectivity index (χ1n) is 10.4. The fraction of sp³-hybridized carbons (Fsp3) is 0.545. The topological polar surface area (TPSA) is 86.1 Å². The zero-order valence-corrected chi connectivity index (χ0v) is 18.9. The number of benzene rings is 1. The van der Waals surface area contributed by atoms with Gasteiger partial charge in [0.2, 0.25) is 5.91 Å². The number of aromatic nitrogens is 3. The van der Waals surface area contributed by atoms with E-state index in [0.717, 1.165) is 24.2 Å². The molecule has 0 saturated heterocycles. The third-order valence-corrected chi connectivity index (χ3v) is 6.16. The van der Waals surface area contributed by atoms with Gasteiger partial charge < -0.3 is 4.74 Å². The Labute approximate surface area is 182 Å². The normalized spacial score (nSPS) is 14.7. The van der Waals surface area contributed by atoms with Crippen LogP contribution in [0.4, 0.5) is 4.79 Å². The largest absolute Gasteiger partial charge is 0.450 e. The van der Waals surface area contributed by atoms with Gasteiger partial charge in [-0.2, -0.15) is 0 Å². The van der Waals surface area contributed by atoms with Crippen LogP contribution in [0.5, 0.6) is 0 Å². The molecule has 0 unspecified atom stereocenters. The summed E-state index contributed by atoms with van der Waals surface area (Å²) < 4.78 is 6.92. The molecule has 8 heteroatoms. The summed E-state index contributed by atoms with van der Waals surface area (Å²) in [4.78, 5) is 23.5. The van der Waals surface area contributed by atoms with E-state index in [2.05, 4.69) is 65.1 Å². The number of hydrogen-bond donors (Lipinski definition) is 1. The summed E-state index contributed by atoms with van der Waals surface area (Å²) in [5.41, 5.74) is 2.37. The van der Waals surface area contributed by atoms with Gasteiger partial charge in [0.1, 0.15) is 0 Å². The number of ether oxygens (including phenoxy) is 1. The van der Waals surface area contributed by atoms with Crippen LogP contribution in [0.1, 0.15) is 65.0 Å². The lowest BCUT2D eigenvalue weighted by Gasteiger charge is -2.20. The molecule has 0 radical (unpaired) electrons. The summed E-state index contributed by atoms with van der Waals surface area (Å²) in [6, 6.07) is 8.80. The molecule has 0 aliphatic heterocycles. The summed E-state index contributed by atoms with van der Waals surface area (Å²) in [6.07, 6.45) is 3.79. The smallest absolute Gasteiger partial charge is 0.413 e. The van der Waals surface area contributed by atoms with E-state index in [1.807, 2.05) is 0 Å². The maximum atomic E-state index is 12.1. The highest BCUT2D eigenvalue weighted by Gasteiger charge is 2.26. The average Bonchev–Trinajstić information content (AvgIpc) is 3.35. The van der Waals surface area contributed by atoms with Crippen LogP contribution in [-0.2, 0) is 14.9 Å². The lowest BCUT2D eigenvalue weighted by Crippen LogP contribution is -2.32. The standard InChI is InChI=1S/C22H30N4O3S/c1-5-29-21(28)23-18(27)14-30-20-25-24-19(26(20)17-8-6-7-9-17)15-10-12-16(13-11-15)22(2,3)4/h10-13,17H,5-9,14H2,1-4H3,(H,23,27,28). The van der Waals surface area contributed by atoms with E-state index in [-0.39, 0.29) is 17.8 Å². The molecule has 1 heterocycles. The number of alkyl carbamates (subject to hydrolysis) is 1. The van der Waals surface area contributed by atoms with Crippen molar-refractivity contribution < 1.29 is 14.3 Å². The number of amides is 2. The summed E-state index contributed by atoms with van der Waals surface area (Å²) in [5.74, 6) is 0.498. The Hall–Kier alpha value is -2.35. The van der Waals surface area contributed by atoms with E-state index in [9.17, 15) is 9.59 Å². The lowest BCUT2D eigenvalue weighted by molar-refractivity contribution is -0.117. The Morgan fingerprint density at radius 3 is 2.43 bits per heavy atom. The van der Waals surface area contributed by atoms with Gasteiger partial charge in [-0.15, -0.1) is 10.2 Å².